The van der Waals surface area contributed by atoms with E-state index in [9.17, 15) is 18.8 Å². The van der Waals surface area contributed by atoms with Crippen LogP contribution in [0.4, 0.5) is 9.18 Å². The lowest BCUT2D eigenvalue weighted by molar-refractivity contribution is -0.428. The van der Waals surface area contributed by atoms with Gasteiger partial charge in [0.25, 0.3) is 0 Å². The number of imide groups is 2. The molecule has 0 spiro atoms. The Morgan fingerprint density at radius 2 is 1.88 bits per heavy atom. The fourth-order valence-electron chi connectivity index (χ4n) is 3.27. The van der Waals surface area contributed by atoms with Gasteiger partial charge in [0, 0.05) is 12.6 Å². The Balaban J connectivity index is 1.73. The third-order valence-corrected chi connectivity index (χ3v) is 4.84. The van der Waals surface area contributed by atoms with Crippen molar-refractivity contribution in [3.63, 3.8) is 0 Å². The molecule has 1 aromatic rings. The van der Waals surface area contributed by atoms with E-state index in [1.165, 1.54) is 30.5 Å². The molecule has 3 atom stereocenters. The van der Waals surface area contributed by atoms with E-state index in [4.69, 9.17) is 0 Å². The number of amides is 4. The van der Waals surface area contributed by atoms with Crippen LogP contribution in [-0.2, 0) is 16.1 Å². The smallest absolute Gasteiger partial charge is 0.331 e. The van der Waals surface area contributed by atoms with Crippen LogP contribution in [0, 0.1) is 11.7 Å². The van der Waals surface area contributed by atoms with Gasteiger partial charge < -0.3 is 5.73 Å². The summed E-state index contributed by atoms with van der Waals surface area (Å²) in [7, 11) is 0. The number of carbonyl (C=O) groups is 3. The Labute approximate surface area is 150 Å². The number of halogens is 1. The van der Waals surface area contributed by atoms with Crippen molar-refractivity contribution in [2.75, 3.05) is 0 Å². The second-order valence-electron chi connectivity index (χ2n) is 6.73. The molecular formula is C18H22FN4O3+. The number of hydrogen-bond donors (Lipinski definition) is 2. The van der Waals surface area contributed by atoms with Gasteiger partial charge in [0.05, 0.1) is 6.54 Å². The van der Waals surface area contributed by atoms with Crippen LogP contribution >= 0.6 is 0 Å². The predicted octanol–water partition coefficient (Wildman–Crippen LogP) is 0.644. The van der Waals surface area contributed by atoms with Crippen molar-refractivity contribution in [3.8, 4) is 0 Å². The lowest BCUT2D eigenvalue weighted by Crippen LogP contribution is -2.66. The SMILES string of the molecule is [NH3+][C@@H]1CCCC[C@@H]1N=C[C@@H]1C(=O)NC(=O)N(Cc2ccc(F)cc2)C1=O. The van der Waals surface area contributed by atoms with Gasteiger partial charge in [-0.05, 0) is 30.5 Å². The summed E-state index contributed by atoms with van der Waals surface area (Å²) in [4.78, 5) is 42.1. The number of hydrogen-bond acceptors (Lipinski definition) is 4. The first kappa shape index (κ1) is 18.2. The normalized spacial score (nSPS) is 27.1. The number of barbiturate groups is 1. The third kappa shape index (κ3) is 3.96. The van der Waals surface area contributed by atoms with E-state index < -0.39 is 29.6 Å². The number of quaternary nitrogens is 1. The van der Waals surface area contributed by atoms with Crippen molar-refractivity contribution >= 4 is 24.1 Å². The van der Waals surface area contributed by atoms with Crippen LogP contribution in [0.5, 0.6) is 0 Å². The van der Waals surface area contributed by atoms with Crippen LogP contribution < -0.4 is 11.1 Å². The molecule has 3 rings (SSSR count). The van der Waals surface area contributed by atoms with Crippen LogP contribution in [0.1, 0.15) is 31.2 Å². The minimum absolute atomic E-state index is 0.00692. The molecule has 1 aliphatic heterocycles. The second kappa shape index (κ2) is 7.74. The minimum atomic E-state index is -1.14. The quantitative estimate of drug-likeness (QED) is 0.607. The summed E-state index contributed by atoms with van der Waals surface area (Å²) in [6.45, 7) is -0.0377. The summed E-state index contributed by atoms with van der Waals surface area (Å²) in [6.07, 6.45) is 5.36. The largest absolute Gasteiger partial charge is 0.353 e. The van der Waals surface area contributed by atoms with Gasteiger partial charge in [-0.2, -0.15) is 0 Å². The van der Waals surface area contributed by atoms with E-state index in [0.29, 0.717) is 5.56 Å². The van der Waals surface area contributed by atoms with Gasteiger partial charge in [-0.1, -0.05) is 18.6 Å². The van der Waals surface area contributed by atoms with Crippen molar-refractivity contribution < 1.29 is 24.5 Å². The van der Waals surface area contributed by atoms with E-state index in [2.05, 4.69) is 16.0 Å². The van der Waals surface area contributed by atoms with Crippen LogP contribution in [0.25, 0.3) is 0 Å². The number of nitrogens with one attached hydrogen (secondary N) is 1. The summed E-state index contributed by atoms with van der Waals surface area (Å²) in [5, 5.41) is 2.19. The van der Waals surface area contributed by atoms with Crippen molar-refractivity contribution in [1.82, 2.24) is 10.2 Å². The Kier molecular flexibility index (Phi) is 5.41. The van der Waals surface area contributed by atoms with Gasteiger partial charge in [-0.15, -0.1) is 0 Å². The number of aliphatic imine (C=N–C) groups is 1. The molecule has 0 bridgehead atoms. The van der Waals surface area contributed by atoms with E-state index in [0.717, 1.165) is 30.6 Å². The molecule has 4 N–H and O–H groups in total. The maximum Gasteiger partial charge on any atom is 0.331 e. The van der Waals surface area contributed by atoms with E-state index in [1.54, 1.807) is 0 Å². The minimum Gasteiger partial charge on any atom is -0.353 e. The highest BCUT2D eigenvalue weighted by molar-refractivity contribution is 6.23. The Morgan fingerprint density at radius 1 is 1.19 bits per heavy atom. The first-order valence-corrected chi connectivity index (χ1v) is 8.72. The fourth-order valence-corrected chi connectivity index (χ4v) is 3.27. The third-order valence-electron chi connectivity index (χ3n) is 4.84. The molecule has 1 saturated heterocycles. The molecule has 0 unspecified atom stereocenters. The maximum absolute atomic E-state index is 13.0. The van der Waals surface area contributed by atoms with Gasteiger partial charge in [0.15, 0.2) is 5.92 Å². The van der Waals surface area contributed by atoms with Gasteiger partial charge >= 0.3 is 6.03 Å². The van der Waals surface area contributed by atoms with Crippen LogP contribution in [0.2, 0.25) is 0 Å². The highest BCUT2D eigenvalue weighted by Crippen LogP contribution is 2.20. The van der Waals surface area contributed by atoms with Crippen molar-refractivity contribution in [3.05, 3.63) is 35.6 Å². The molecule has 2 aliphatic rings. The Bertz CT molecular complexity index is 734. The zero-order valence-corrected chi connectivity index (χ0v) is 14.4. The summed E-state index contributed by atoms with van der Waals surface area (Å²) >= 11 is 0. The maximum atomic E-state index is 13.0. The molecule has 4 amide bonds. The molecule has 0 radical (unpaired) electrons. The average molecular weight is 361 g/mol. The molecular weight excluding hydrogens is 339 g/mol. The number of rotatable bonds is 4. The highest BCUT2D eigenvalue weighted by Gasteiger charge is 2.39. The monoisotopic (exact) mass is 361 g/mol. The number of nitrogens with zero attached hydrogens (tertiary/aromatic N) is 2. The van der Waals surface area contributed by atoms with Crippen molar-refractivity contribution in [2.24, 2.45) is 10.9 Å². The molecule has 138 valence electrons. The lowest BCUT2D eigenvalue weighted by Gasteiger charge is -2.29. The Hall–Kier alpha value is -2.61. The second-order valence-corrected chi connectivity index (χ2v) is 6.73. The van der Waals surface area contributed by atoms with E-state index >= 15 is 0 Å². The molecule has 8 heteroatoms. The summed E-state index contributed by atoms with van der Waals surface area (Å²) in [5.74, 6) is -2.83. The molecule has 7 nitrogen and oxygen atoms in total. The summed E-state index contributed by atoms with van der Waals surface area (Å²) in [5.41, 5.74) is 4.66. The number of benzene rings is 1. The zero-order valence-electron chi connectivity index (χ0n) is 14.4. The van der Waals surface area contributed by atoms with Crippen LogP contribution in [0.15, 0.2) is 29.3 Å². The molecule has 1 saturated carbocycles. The molecule has 2 fully saturated rings. The van der Waals surface area contributed by atoms with Gasteiger partial charge in [-0.3, -0.25) is 24.8 Å². The molecule has 26 heavy (non-hydrogen) atoms. The zero-order chi connectivity index (χ0) is 18.7. The van der Waals surface area contributed by atoms with E-state index in [1.807, 2.05) is 0 Å². The summed E-state index contributed by atoms with van der Waals surface area (Å²) in [6, 6.07) is 4.87. The molecule has 0 aromatic heterocycles. The van der Waals surface area contributed by atoms with Crippen molar-refractivity contribution in [1.29, 1.82) is 0 Å². The number of urea groups is 1. The summed E-state index contributed by atoms with van der Waals surface area (Å²) < 4.78 is 13.0. The Morgan fingerprint density at radius 3 is 2.58 bits per heavy atom. The van der Waals surface area contributed by atoms with Gasteiger partial charge in [0.1, 0.15) is 17.9 Å². The number of carbonyl (C=O) groups excluding carboxylic acids is 3. The first-order valence-electron chi connectivity index (χ1n) is 8.72. The van der Waals surface area contributed by atoms with Gasteiger partial charge in [-0.25, -0.2) is 9.18 Å². The molecule has 1 heterocycles. The molecule has 1 aliphatic carbocycles. The van der Waals surface area contributed by atoms with Gasteiger partial charge in [0.2, 0.25) is 11.8 Å². The lowest BCUT2D eigenvalue weighted by atomic mass is 9.91. The highest BCUT2D eigenvalue weighted by atomic mass is 19.1. The standard InChI is InChI=1S/C18H21FN4O3/c19-12-7-5-11(6-8-12)10-23-17(25)13(16(24)22-18(23)26)9-21-15-4-2-1-3-14(15)20/h5-9,13-15H,1-4,10,20H2,(H,22,24,26)/p+1/t13-,14-,15+/m1/s1. The van der Waals surface area contributed by atoms with E-state index in [-0.39, 0.29) is 18.6 Å². The molecule has 1 aromatic carbocycles. The van der Waals surface area contributed by atoms with Crippen LogP contribution in [0.3, 0.4) is 0 Å². The van der Waals surface area contributed by atoms with Crippen molar-refractivity contribution in [2.45, 2.75) is 44.3 Å². The topological polar surface area (TPSA) is 106 Å². The fraction of sp³-hybridized carbons (Fsp3) is 0.444. The average Bonchev–Trinajstić information content (AvgIpc) is 2.61. The first-order chi connectivity index (χ1) is 12.5. The predicted molar refractivity (Wildman–Crippen MR) is 91.4 cm³/mol. The van der Waals surface area contributed by atoms with Crippen LogP contribution in [-0.4, -0.2) is 41.0 Å².